The molecule has 0 amide bonds. The first-order valence-corrected chi connectivity index (χ1v) is 7.00. The molecule has 0 saturated heterocycles. The van der Waals surface area contributed by atoms with Gasteiger partial charge in [-0.15, -0.1) is 12.3 Å². The van der Waals surface area contributed by atoms with Crippen molar-refractivity contribution in [2.45, 2.75) is 44.6 Å². The minimum absolute atomic E-state index is 0.364. The van der Waals surface area contributed by atoms with Gasteiger partial charge in [0.2, 0.25) is 0 Å². The second-order valence-corrected chi connectivity index (χ2v) is 5.41. The minimum atomic E-state index is -0.697. The van der Waals surface area contributed by atoms with E-state index in [0.29, 0.717) is 12.0 Å². The standard InChI is InChI=1S/C18H20O2/c1-4-12-18(20-17(19)14(2)3)13-8-7-10-15-9-5-6-11-16(15)18/h1,5-6,9,11H,2,7-8,10,12-13H2,3H3. The van der Waals surface area contributed by atoms with E-state index in [2.05, 4.69) is 18.6 Å². The van der Waals surface area contributed by atoms with Crippen LogP contribution in [0.3, 0.4) is 0 Å². The summed E-state index contributed by atoms with van der Waals surface area (Å²) in [6.45, 7) is 5.33. The number of carbonyl (C=O) groups excluding carboxylic acids is 1. The van der Waals surface area contributed by atoms with Crippen molar-refractivity contribution in [2.75, 3.05) is 0 Å². The fourth-order valence-electron chi connectivity index (χ4n) is 2.80. The Bertz CT molecular complexity index is 565. The fourth-order valence-corrected chi connectivity index (χ4v) is 2.80. The van der Waals surface area contributed by atoms with Gasteiger partial charge in [0, 0.05) is 5.57 Å². The normalized spacial score (nSPS) is 21.2. The van der Waals surface area contributed by atoms with Crippen molar-refractivity contribution in [3.63, 3.8) is 0 Å². The van der Waals surface area contributed by atoms with Crippen LogP contribution in [0, 0.1) is 12.3 Å². The molecule has 0 aliphatic heterocycles. The fraction of sp³-hybridized carbons (Fsp3) is 0.389. The Hall–Kier alpha value is -2.01. The first-order chi connectivity index (χ1) is 9.59. The van der Waals surface area contributed by atoms with E-state index in [1.165, 1.54) is 5.56 Å². The summed E-state index contributed by atoms with van der Waals surface area (Å²) in [6, 6.07) is 8.12. The lowest BCUT2D eigenvalue weighted by Crippen LogP contribution is -2.33. The van der Waals surface area contributed by atoms with Crippen LogP contribution in [-0.2, 0) is 21.6 Å². The molecular weight excluding hydrogens is 248 g/mol. The van der Waals surface area contributed by atoms with Gasteiger partial charge in [0.25, 0.3) is 0 Å². The third-order valence-electron chi connectivity index (χ3n) is 3.81. The Labute approximate surface area is 120 Å². The number of hydrogen-bond acceptors (Lipinski definition) is 2. The van der Waals surface area contributed by atoms with Crippen molar-refractivity contribution in [1.82, 2.24) is 0 Å². The molecule has 0 radical (unpaired) electrons. The lowest BCUT2D eigenvalue weighted by atomic mass is 9.85. The SMILES string of the molecule is C#CCC1(OC(=O)C(=C)C)CCCCc2ccccc21. The number of hydrogen-bond donors (Lipinski definition) is 0. The van der Waals surface area contributed by atoms with Gasteiger partial charge in [0.1, 0.15) is 5.60 Å². The van der Waals surface area contributed by atoms with E-state index >= 15 is 0 Å². The van der Waals surface area contributed by atoms with Gasteiger partial charge in [-0.05, 0) is 43.7 Å². The zero-order valence-corrected chi connectivity index (χ0v) is 11.9. The van der Waals surface area contributed by atoms with Crippen molar-refractivity contribution in [2.24, 2.45) is 0 Å². The number of esters is 1. The highest BCUT2D eigenvalue weighted by atomic mass is 16.6. The number of terminal acetylenes is 1. The highest BCUT2D eigenvalue weighted by Gasteiger charge is 2.38. The van der Waals surface area contributed by atoms with E-state index in [1.54, 1.807) is 6.92 Å². The van der Waals surface area contributed by atoms with E-state index in [0.717, 1.165) is 31.2 Å². The van der Waals surface area contributed by atoms with Gasteiger partial charge >= 0.3 is 5.97 Å². The summed E-state index contributed by atoms with van der Waals surface area (Å²) < 4.78 is 5.81. The Morgan fingerprint density at radius 3 is 2.90 bits per heavy atom. The molecule has 2 heteroatoms. The molecular formula is C18H20O2. The molecule has 2 nitrogen and oxygen atoms in total. The predicted molar refractivity (Wildman–Crippen MR) is 80.0 cm³/mol. The van der Waals surface area contributed by atoms with E-state index in [1.807, 2.05) is 18.2 Å². The summed E-state index contributed by atoms with van der Waals surface area (Å²) in [7, 11) is 0. The zero-order valence-electron chi connectivity index (χ0n) is 11.9. The largest absolute Gasteiger partial charge is 0.450 e. The van der Waals surface area contributed by atoms with Crippen LogP contribution in [0.1, 0.15) is 43.7 Å². The molecule has 1 aliphatic rings. The minimum Gasteiger partial charge on any atom is -0.450 e. The third-order valence-corrected chi connectivity index (χ3v) is 3.81. The van der Waals surface area contributed by atoms with E-state index < -0.39 is 5.60 Å². The average Bonchev–Trinajstić information content (AvgIpc) is 2.60. The molecule has 0 aromatic heterocycles. The van der Waals surface area contributed by atoms with Gasteiger partial charge < -0.3 is 4.74 Å². The monoisotopic (exact) mass is 268 g/mol. The maximum atomic E-state index is 12.0. The molecule has 1 unspecified atom stereocenters. The van der Waals surface area contributed by atoms with Gasteiger partial charge in [-0.2, -0.15) is 0 Å². The molecule has 1 aromatic rings. The second kappa shape index (κ2) is 5.96. The van der Waals surface area contributed by atoms with Crippen LogP contribution < -0.4 is 0 Å². The molecule has 0 fully saturated rings. The molecule has 0 saturated carbocycles. The van der Waals surface area contributed by atoms with Gasteiger partial charge in [-0.25, -0.2) is 4.79 Å². The second-order valence-electron chi connectivity index (χ2n) is 5.41. The van der Waals surface area contributed by atoms with Crippen LogP contribution in [0.15, 0.2) is 36.4 Å². The summed E-state index contributed by atoms with van der Waals surface area (Å²) >= 11 is 0. The molecule has 0 N–H and O–H groups in total. The van der Waals surface area contributed by atoms with Gasteiger partial charge in [-0.1, -0.05) is 30.8 Å². The summed E-state index contributed by atoms with van der Waals surface area (Å²) in [4.78, 5) is 12.0. The van der Waals surface area contributed by atoms with Crippen molar-refractivity contribution in [1.29, 1.82) is 0 Å². The number of aryl methyl sites for hydroxylation is 1. The third kappa shape index (κ3) is 2.77. The smallest absolute Gasteiger partial charge is 0.334 e. The number of ether oxygens (including phenoxy) is 1. The highest BCUT2D eigenvalue weighted by molar-refractivity contribution is 5.87. The summed E-state index contributed by atoms with van der Waals surface area (Å²) in [5.41, 5.74) is 2.00. The quantitative estimate of drug-likeness (QED) is 0.361. The summed E-state index contributed by atoms with van der Waals surface area (Å²) in [5, 5.41) is 0. The van der Waals surface area contributed by atoms with Crippen molar-refractivity contribution < 1.29 is 9.53 Å². The maximum absolute atomic E-state index is 12.0. The molecule has 1 aromatic carbocycles. The molecule has 20 heavy (non-hydrogen) atoms. The molecule has 2 rings (SSSR count). The van der Waals surface area contributed by atoms with Crippen LogP contribution in [0.4, 0.5) is 0 Å². The summed E-state index contributed by atoms with van der Waals surface area (Å²) in [5.74, 6) is 2.32. The van der Waals surface area contributed by atoms with Gasteiger partial charge in [0.05, 0.1) is 6.42 Å². The number of benzene rings is 1. The van der Waals surface area contributed by atoms with Crippen LogP contribution in [-0.4, -0.2) is 5.97 Å². The molecule has 104 valence electrons. The first kappa shape index (κ1) is 14.4. The lowest BCUT2D eigenvalue weighted by Gasteiger charge is -2.33. The van der Waals surface area contributed by atoms with Gasteiger partial charge in [0.15, 0.2) is 0 Å². The molecule has 0 heterocycles. The van der Waals surface area contributed by atoms with Crippen molar-refractivity contribution in [3.8, 4) is 12.3 Å². The Balaban J connectivity index is 2.48. The number of rotatable bonds is 3. The van der Waals surface area contributed by atoms with Crippen molar-refractivity contribution >= 4 is 5.97 Å². The Morgan fingerprint density at radius 1 is 1.45 bits per heavy atom. The zero-order chi connectivity index (χ0) is 14.6. The van der Waals surface area contributed by atoms with Crippen LogP contribution in [0.2, 0.25) is 0 Å². The van der Waals surface area contributed by atoms with Crippen LogP contribution in [0.5, 0.6) is 0 Å². The maximum Gasteiger partial charge on any atom is 0.334 e. The average molecular weight is 268 g/mol. The van der Waals surface area contributed by atoms with E-state index in [9.17, 15) is 4.79 Å². The highest BCUT2D eigenvalue weighted by Crippen LogP contribution is 2.40. The molecule has 1 aliphatic carbocycles. The predicted octanol–water partition coefficient (Wildman–Crippen LogP) is 3.75. The van der Waals surface area contributed by atoms with E-state index in [4.69, 9.17) is 11.2 Å². The van der Waals surface area contributed by atoms with Crippen LogP contribution >= 0.6 is 0 Å². The van der Waals surface area contributed by atoms with Gasteiger partial charge in [-0.3, -0.25) is 0 Å². The molecule has 0 bridgehead atoms. The Kier molecular flexibility index (Phi) is 4.29. The molecule has 1 atom stereocenters. The number of fused-ring (bicyclic) bond motifs is 1. The molecule has 0 spiro atoms. The van der Waals surface area contributed by atoms with Crippen LogP contribution in [0.25, 0.3) is 0 Å². The van der Waals surface area contributed by atoms with E-state index in [-0.39, 0.29) is 5.97 Å². The first-order valence-electron chi connectivity index (χ1n) is 7.00. The summed E-state index contributed by atoms with van der Waals surface area (Å²) in [6.07, 6.45) is 9.82. The number of carbonyl (C=O) groups is 1. The lowest BCUT2D eigenvalue weighted by molar-refractivity contribution is -0.156. The van der Waals surface area contributed by atoms with Crippen molar-refractivity contribution in [3.05, 3.63) is 47.5 Å². The topological polar surface area (TPSA) is 26.3 Å². The Morgan fingerprint density at radius 2 is 2.20 bits per heavy atom.